The molecule has 2 bridgehead atoms. The van der Waals surface area contributed by atoms with Crippen molar-refractivity contribution >= 4 is 15.9 Å². The monoisotopic (exact) mass is 250 g/mol. The molecule has 0 amide bonds. The highest BCUT2D eigenvalue weighted by molar-refractivity contribution is 9.10. The third-order valence-electron chi connectivity index (χ3n) is 4.29. The maximum Gasteiger partial charge on any atom is 0.0178 e. The summed E-state index contributed by atoms with van der Waals surface area (Å²) >= 11 is 3.58. The Kier molecular flexibility index (Phi) is 1.56. The molecule has 0 saturated heterocycles. The summed E-state index contributed by atoms with van der Waals surface area (Å²) in [4.78, 5) is 0. The van der Waals surface area contributed by atoms with Gasteiger partial charge in [-0.2, -0.15) is 0 Å². The van der Waals surface area contributed by atoms with Gasteiger partial charge in [-0.3, -0.25) is 0 Å². The van der Waals surface area contributed by atoms with E-state index in [1.165, 1.54) is 23.7 Å². The zero-order valence-electron chi connectivity index (χ0n) is 8.73. The van der Waals surface area contributed by atoms with Crippen molar-refractivity contribution in [3.8, 4) is 0 Å². The van der Waals surface area contributed by atoms with Crippen LogP contribution in [0.1, 0.15) is 44.2 Å². The fraction of sp³-hybridized carbons (Fsp3) is 0.538. The lowest BCUT2D eigenvalue weighted by molar-refractivity contribution is 0.484. The van der Waals surface area contributed by atoms with Crippen LogP contribution in [0.2, 0.25) is 0 Å². The van der Waals surface area contributed by atoms with Gasteiger partial charge in [0.1, 0.15) is 0 Å². The second-order valence-electron chi connectivity index (χ2n) is 5.49. The summed E-state index contributed by atoms with van der Waals surface area (Å²) in [6, 6.07) is 6.84. The normalized spacial score (nSPS) is 38.8. The highest BCUT2D eigenvalue weighted by Crippen LogP contribution is 2.60. The van der Waals surface area contributed by atoms with Gasteiger partial charge >= 0.3 is 0 Å². The first-order valence-corrected chi connectivity index (χ1v) is 6.13. The Balaban J connectivity index is 2.29. The van der Waals surface area contributed by atoms with Crippen molar-refractivity contribution < 1.29 is 0 Å². The summed E-state index contributed by atoms with van der Waals surface area (Å²) in [5, 5.41) is 0. The van der Waals surface area contributed by atoms with Crippen LogP contribution < -0.4 is 0 Å². The van der Waals surface area contributed by atoms with Crippen LogP contribution in [-0.2, 0) is 10.8 Å². The molecule has 0 spiro atoms. The molecule has 74 valence electrons. The van der Waals surface area contributed by atoms with E-state index in [1.807, 2.05) is 0 Å². The molecule has 0 unspecified atom stereocenters. The number of fused-ring (bicyclic) bond motifs is 5. The molecule has 0 nitrogen and oxygen atoms in total. The number of benzene rings is 1. The van der Waals surface area contributed by atoms with Gasteiger partial charge in [0.2, 0.25) is 0 Å². The Morgan fingerprint density at radius 2 is 1.71 bits per heavy atom. The van der Waals surface area contributed by atoms with E-state index < -0.39 is 0 Å². The van der Waals surface area contributed by atoms with Crippen molar-refractivity contribution in [2.24, 2.45) is 0 Å². The molecular formula is C13H15Br. The van der Waals surface area contributed by atoms with Crippen LogP contribution in [0.15, 0.2) is 22.7 Å². The van der Waals surface area contributed by atoms with Crippen molar-refractivity contribution in [2.75, 3.05) is 0 Å². The molecule has 2 aliphatic carbocycles. The van der Waals surface area contributed by atoms with Crippen LogP contribution >= 0.6 is 15.9 Å². The minimum Gasteiger partial charge on any atom is -0.0571 e. The van der Waals surface area contributed by atoms with Gasteiger partial charge in [-0.15, -0.1) is 0 Å². The van der Waals surface area contributed by atoms with E-state index in [9.17, 15) is 0 Å². The first-order chi connectivity index (χ1) is 6.54. The Morgan fingerprint density at radius 3 is 2.43 bits per heavy atom. The average Bonchev–Trinajstić information content (AvgIpc) is 2.53. The lowest BCUT2D eigenvalue weighted by Gasteiger charge is -2.26. The summed E-state index contributed by atoms with van der Waals surface area (Å²) < 4.78 is 1.23. The van der Waals surface area contributed by atoms with Crippen LogP contribution in [0, 0.1) is 0 Å². The largest absolute Gasteiger partial charge is 0.0571 e. The topological polar surface area (TPSA) is 0 Å². The maximum atomic E-state index is 3.58. The van der Waals surface area contributed by atoms with Crippen LogP contribution in [0.4, 0.5) is 0 Å². The molecule has 0 heterocycles. The fourth-order valence-electron chi connectivity index (χ4n) is 3.59. The van der Waals surface area contributed by atoms with Crippen LogP contribution in [-0.4, -0.2) is 0 Å². The molecule has 1 heteroatoms. The summed E-state index contributed by atoms with van der Waals surface area (Å²) in [6.07, 6.45) is 4.09. The number of hydrogen-bond acceptors (Lipinski definition) is 0. The number of hydrogen-bond donors (Lipinski definition) is 0. The average molecular weight is 251 g/mol. The van der Waals surface area contributed by atoms with Crippen molar-refractivity contribution in [1.29, 1.82) is 0 Å². The molecule has 0 radical (unpaired) electrons. The molecule has 1 saturated carbocycles. The summed E-state index contributed by atoms with van der Waals surface area (Å²) in [5.41, 5.74) is 4.15. The molecule has 2 aliphatic rings. The first kappa shape index (κ1) is 8.96. The van der Waals surface area contributed by atoms with Gasteiger partial charge in [-0.1, -0.05) is 35.8 Å². The molecule has 0 aromatic heterocycles. The SMILES string of the molecule is C[C@]12CC[C@](C)(C1)c1ccc(Br)cc12. The van der Waals surface area contributed by atoms with Crippen molar-refractivity contribution in [2.45, 2.75) is 43.9 Å². The van der Waals surface area contributed by atoms with E-state index in [2.05, 4.69) is 48.0 Å². The van der Waals surface area contributed by atoms with Gasteiger partial charge in [-0.05, 0) is 53.4 Å². The van der Waals surface area contributed by atoms with E-state index in [4.69, 9.17) is 0 Å². The van der Waals surface area contributed by atoms with Gasteiger partial charge in [0, 0.05) is 4.47 Å². The van der Waals surface area contributed by atoms with Gasteiger partial charge in [0.25, 0.3) is 0 Å². The second-order valence-corrected chi connectivity index (χ2v) is 6.40. The number of rotatable bonds is 0. The maximum absolute atomic E-state index is 3.58. The lowest BCUT2D eigenvalue weighted by atomic mass is 9.78. The van der Waals surface area contributed by atoms with Crippen molar-refractivity contribution in [1.82, 2.24) is 0 Å². The Labute approximate surface area is 93.8 Å². The molecule has 2 atom stereocenters. The van der Waals surface area contributed by atoms with Gasteiger partial charge < -0.3 is 0 Å². The minimum absolute atomic E-state index is 0.466. The molecule has 0 N–H and O–H groups in total. The molecule has 0 aliphatic heterocycles. The van der Waals surface area contributed by atoms with Crippen molar-refractivity contribution in [3.63, 3.8) is 0 Å². The van der Waals surface area contributed by atoms with E-state index in [-0.39, 0.29) is 0 Å². The van der Waals surface area contributed by atoms with E-state index in [0.29, 0.717) is 10.8 Å². The quantitative estimate of drug-likeness (QED) is 0.649. The molecule has 1 fully saturated rings. The van der Waals surface area contributed by atoms with Crippen LogP contribution in [0.3, 0.4) is 0 Å². The summed E-state index contributed by atoms with van der Waals surface area (Å²) in [7, 11) is 0. The van der Waals surface area contributed by atoms with Crippen LogP contribution in [0.5, 0.6) is 0 Å². The van der Waals surface area contributed by atoms with Gasteiger partial charge in [0.15, 0.2) is 0 Å². The molecule has 14 heavy (non-hydrogen) atoms. The summed E-state index contributed by atoms with van der Waals surface area (Å²) in [6.45, 7) is 4.86. The third-order valence-corrected chi connectivity index (χ3v) is 4.78. The smallest absolute Gasteiger partial charge is 0.0178 e. The summed E-state index contributed by atoms with van der Waals surface area (Å²) in [5.74, 6) is 0. The number of halogens is 1. The lowest BCUT2D eigenvalue weighted by Crippen LogP contribution is -2.17. The van der Waals surface area contributed by atoms with Crippen LogP contribution in [0.25, 0.3) is 0 Å². The van der Waals surface area contributed by atoms with Gasteiger partial charge in [-0.25, -0.2) is 0 Å². The molecule has 1 aromatic carbocycles. The van der Waals surface area contributed by atoms with E-state index in [0.717, 1.165) is 0 Å². The predicted molar refractivity (Wildman–Crippen MR) is 62.7 cm³/mol. The molecule has 1 aromatic rings. The third kappa shape index (κ3) is 0.942. The highest BCUT2D eigenvalue weighted by Gasteiger charge is 2.52. The van der Waals surface area contributed by atoms with Crippen molar-refractivity contribution in [3.05, 3.63) is 33.8 Å². The minimum atomic E-state index is 0.466. The molecular weight excluding hydrogens is 236 g/mol. The van der Waals surface area contributed by atoms with E-state index in [1.54, 1.807) is 11.1 Å². The zero-order chi connectivity index (χ0) is 9.97. The Bertz CT molecular complexity index is 410. The highest BCUT2D eigenvalue weighted by atomic mass is 79.9. The first-order valence-electron chi connectivity index (χ1n) is 5.34. The standard InChI is InChI=1S/C13H15Br/c1-12-5-6-13(2,8-12)11-7-9(14)3-4-10(11)12/h3-4,7H,5-6,8H2,1-2H3/t12-,13+/m1/s1. The Morgan fingerprint density at radius 1 is 1.07 bits per heavy atom. The molecule has 3 rings (SSSR count). The Hall–Kier alpha value is -0.300. The fourth-order valence-corrected chi connectivity index (χ4v) is 3.95. The van der Waals surface area contributed by atoms with E-state index >= 15 is 0 Å². The second kappa shape index (κ2) is 2.44. The van der Waals surface area contributed by atoms with Gasteiger partial charge in [0.05, 0.1) is 0 Å². The zero-order valence-corrected chi connectivity index (χ0v) is 10.3. The predicted octanol–water partition coefficient (Wildman–Crippen LogP) is 4.16.